The average Bonchev–Trinajstić information content (AvgIpc) is 2.82. The monoisotopic (exact) mass is 286 g/mol. The molecule has 0 unspecified atom stereocenters. The topological polar surface area (TPSA) is 53.7 Å². The van der Waals surface area contributed by atoms with E-state index < -0.39 is 11.9 Å². The molecule has 1 N–H and O–H groups in total. The fourth-order valence-electron chi connectivity index (χ4n) is 1.85. The Morgan fingerprint density at radius 1 is 1.45 bits per heavy atom. The van der Waals surface area contributed by atoms with Gasteiger partial charge in [-0.25, -0.2) is 9.50 Å². The molecule has 0 bridgehead atoms. The molecule has 0 aliphatic carbocycles. The Hall–Kier alpha value is -2.09. The second-order valence-electron chi connectivity index (χ2n) is 4.07. The maximum atomic E-state index is 12.7. The van der Waals surface area contributed by atoms with E-state index in [1.165, 1.54) is 12.4 Å². The highest BCUT2D eigenvalue weighted by Crippen LogP contribution is 2.30. The van der Waals surface area contributed by atoms with Crippen LogP contribution < -0.4 is 4.90 Å². The predicted octanol–water partition coefficient (Wildman–Crippen LogP) is 1.73. The summed E-state index contributed by atoms with van der Waals surface area (Å²) < 4.78 is 39.2. The SMILES string of the molecule is C=CCN(CCO)c1nccn2nc(C(F)(F)F)cc12. The lowest BCUT2D eigenvalue weighted by Crippen LogP contribution is -2.28. The number of aliphatic hydroxyl groups excluding tert-OH is 1. The summed E-state index contributed by atoms with van der Waals surface area (Å²) in [5.74, 6) is 0.324. The summed E-state index contributed by atoms with van der Waals surface area (Å²) in [5, 5.41) is 12.5. The van der Waals surface area contributed by atoms with Crippen molar-refractivity contribution < 1.29 is 18.3 Å². The van der Waals surface area contributed by atoms with Crippen LogP contribution in [0.1, 0.15) is 5.69 Å². The minimum absolute atomic E-state index is 0.142. The summed E-state index contributed by atoms with van der Waals surface area (Å²) >= 11 is 0. The van der Waals surface area contributed by atoms with Crippen molar-refractivity contribution >= 4 is 11.3 Å². The zero-order valence-electron chi connectivity index (χ0n) is 10.5. The number of alkyl halides is 3. The highest BCUT2D eigenvalue weighted by molar-refractivity contribution is 5.69. The molecule has 20 heavy (non-hydrogen) atoms. The summed E-state index contributed by atoms with van der Waals surface area (Å²) in [6, 6.07) is 0.940. The molecule has 108 valence electrons. The molecule has 0 saturated heterocycles. The van der Waals surface area contributed by atoms with Crippen molar-refractivity contribution in [1.82, 2.24) is 14.6 Å². The third-order valence-corrected chi connectivity index (χ3v) is 2.68. The highest BCUT2D eigenvalue weighted by Gasteiger charge is 2.34. The Morgan fingerprint density at radius 2 is 2.20 bits per heavy atom. The number of aromatic nitrogens is 3. The van der Waals surface area contributed by atoms with Gasteiger partial charge in [-0.2, -0.15) is 18.3 Å². The van der Waals surface area contributed by atoms with Crippen LogP contribution in [0.25, 0.3) is 5.52 Å². The zero-order valence-corrected chi connectivity index (χ0v) is 10.5. The molecule has 0 aromatic carbocycles. The number of nitrogens with zero attached hydrogens (tertiary/aromatic N) is 4. The third-order valence-electron chi connectivity index (χ3n) is 2.68. The van der Waals surface area contributed by atoms with E-state index in [0.717, 1.165) is 10.6 Å². The molecule has 2 rings (SSSR count). The van der Waals surface area contributed by atoms with Crippen LogP contribution in [-0.2, 0) is 6.18 Å². The molecule has 0 atom stereocenters. The Bertz CT molecular complexity index is 608. The second kappa shape index (κ2) is 5.49. The number of rotatable bonds is 5. The van der Waals surface area contributed by atoms with E-state index in [1.54, 1.807) is 11.0 Å². The predicted molar refractivity (Wildman–Crippen MR) is 67.5 cm³/mol. The van der Waals surface area contributed by atoms with Crippen LogP contribution in [0.3, 0.4) is 0 Å². The molecule has 0 spiro atoms. The van der Waals surface area contributed by atoms with Gasteiger partial charge in [-0.1, -0.05) is 6.08 Å². The third kappa shape index (κ3) is 2.74. The smallest absolute Gasteiger partial charge is 0.395 e. The van der Waals surface area contributed by atoms with Gasteiger partial charge in [-0.05, 0) is 0 Å². The molecular weight excluding hydrogens is 273 g/mol. The van der Waals surface area contributed by atoms with E-state index in [0.29, 0.717) is 12.4 Å². The number of aliphatic hydroxyl groups is 1. The summed E-state index contributed by atoms with van der Waals surface area (Å²) in [5.41, 5.74) is -0.746. The standard InChI is InChI=1S/C12H13F3N4O/c1-2-4-18(6-7-20)11-9-8-10(12(13,14)15)17-19(9)5-3-16-11/h2-3,5,8,20H,1,4,6-7H2. The maximum Gasteiger partial charge on any atom is 0.435 e. The molecule has 0 fully saturated rings. The molecule has 8 heteroatoms. The van der Waals surface area contributed by atoms with Gasteiger partial charge in [0.2, 0.25) is 0 Å². The van der Waals surface area contributed by atoms with Crippen molar-refractivity contribution in [2.24, 2.45) is 0 Å². The van der Waals surface area contributed by atoms with Gasteiger partial charge in [0.05, 0.1) is 6.61 Å². The van der Waals surface area contributed by atoms with E-state index in [-0.39, 0.29) is 18.7 Å². The molecule has 2 aromatic rings. The summed E-state index contributed by atoms with van der Waals surface area (Å²) in [6.45, 7) is 4.04. The first kappa shape index (κ1) is 14.3. The van der Waals surface area contributed by atoms with Gasteiger partial charge in [0.25, 0.3) is 0 Å². The largest absolute Gasteiger partial charge is 0.435 e. The van der Waals surface area contributed by atoms with Gasteiger partial charge in [0.15, 0.2) is 11.5 Å². The van der Waals surface area contributed by atoms with Gasteiger partial charge < -0.3 is 10.0 Å². The summed E-state index contributed by atoms with van der Waals surface area (Å²) in [6.07, 6.45) is -0.215. The molecule has 0 radical (unpaired) electrons. The van der Waals surface area contributed by atoms with Crippen molar-refractivity contribution in [3.8, 4) is 0 Å². The quantitative estimate of drug-likeness (QED) is 0.851. The van der Waals surface area contributed by atoms with Crippen LogP contribution in [0.4, 0.5) is 19.0 Å². The van der Waals surface area contributed by atoms with Gasteiger partial charge in [0, 0.05) is 31.5 Å². The van der Waals surface area contributed by atoms with Crippen LogP contribution in [-0.4, -0.2) is 39.4 Å². The van der Waals surface area contributed by atoms with Crippen molar-refractivity contribution in [3.05, 3.63) is 36.8 Å². The molecule has 0 aliphatic rings. The normalized spacial score (nSPS) is 11.8. The Morgan fingerprint density at radius 3 is 2.80 bits per heavy atom. The fraction of sp³-hybridized carbons (Fsp3) is 0.333. The lowest BCUT2D eigenvalue weighted by molar-refractivity contribution is -0.141. The van der Waals surface area contributed by atoms with Crippen molar-refractivity contribution in [2.75, 3.05) is 24.6 Å². The first-order chi connectivity index (χ1) is 9.47. The summed E-state index contributed by atoms with van der Waals surface area (Å²) in [4.78, 5) is 5.71. The van der Waals surface area contributed by atoms with Crippen molar-refractivity contribution in [2.45, 2.75) is 6.18 Å². The van der Waals surface area contributed by atoms with Gasteiger partial charge in [-0.3, -0.25) is 0 Å². The maximum absolute atomic E-state index is 12.7. The number of hydrogen-bond acceptors (Lipinski definition) is 4. The number of hydrogen-bond donors (Lipinski definition) is 1. The van der Waals surface area contributed by atoms with Crippen LogP contribution in [0, 0.1) is 0 Å². The minimum Gasteiger partial charge on any atom is -0.395 e. The van der Waals surface area contributed by atoms with Crippen LogP contribution in [0.2, 0.25) is 0 Å². The van der Waals surface area contributed by atoms with Crippen LogP contribution >= 0.6 is 0 Å². The van der Waals surface area contributed by atoms with E-state index in [9.17, 15) is 13.2 Å². The van der Waals surface area contributed by atoms with Crippen molar-refractivity contribution in [1.29, 1.82) is 0 Å². The Labute approximate surface area is 113 Å². The van der Waals surface area contributed by atoms with Gasteiger partial charge in [0.1, 0.15) is 5.52 Å². The average molecular weight is 286 g/mol. The number of anilines is 1. The first-order valence-electron chi connectivity index (χ1n) is 5.85. The lowest BCUT2D eigenvalue weighted by atomic mass is 10.3. The van der Waals surface area contributed by atoms with E-state index in [1.807, 2.05) is 0 Å². The lowest BCUT2D eigenvalue weighted by Gasteiger charge is -2.21. The Balaban J connectivity index is 2.52. The number of halogens is 3. The van der Waals surface area contributed by atoms with Gasteiger partial charge in [-0.15, -0.1) is 6.58 Å². The molecule has 0 amide bonds. The van der Waals surface area contributed by atoms with Crippen LogP contribution in [0.15, 0.2) is 31.1 Å². The fourth-order valence-corrected chi connectivity index (χ4v) is 1.85. The minimum atomic E-state index is -4.51. The molecule has 5 nitrogen and oxygen atoms in total. The molecule has 2 aromatic heterocycles. The van der Waals surface area contributed by atoms with Crippen molar-refractivity contribution in [3.63, 3.8) is 0 Å². The second-order valence-corrected chi connectivity index (χ2v) is 4.07. The number of fused-ring (bicyclic) bond motifs is 1. The molecule has 0 aliphatic heterocycles. The molecule has 2 heterocycles. The van der Waals surface area contributed by atoms with E-state index in [2.05, 4.69) is 16.7 Å². The van der Waals surface area contributed by atoms with E-state index >= 15 is 0 Å². The van der Waals surface area contributed by atoms with Crippen LogP contribution in [0.5, 0.6) is 0 Å². The van der Waals surface area contributed by atoms with E-state index in [4.69, 9.17) is 5.11 Å². The molecular formula is C12H13F3N4O. The van der Waals surface area contributed by atoms with Gasteiger partial charge >= 0.3 is 6.18 Å². The first-order valence-corrected chi connectivity index (χ1v) is 5.85. The Kier molecular flexibility index (Phi) is 3.93. The summed E-state index contributed by atoms with van der Waals surface area (Å²) in [7, 11) is 0. The molecule has 0 saturated carbocycles. The zero-order chi connectivity index (χ0) is 14.8. The highest BCUT2D eigenvalue weighted by atomic mass is 19.4.